The van der Waals surface area contributed by atoms with Crippen LogP contribution >= 0.6 is 0 Å². The van der Waals surface area contributed by atoms with Crippen LogP contribution in [-0.4, -0.2) is 19.1 Å². The molecule has 0 fully saturated rings. The fourth-order valence-corrected chi connectivity index (χ4v) is 1.42. The highest BCUT2D eigenvalue weighted by molar-refractivity contribution is 5.76. The molecule has 17 heavy (non-hydrogen) atoms. The first-order valence-electron chi connectivity index (χ1n) is 5.92. The lowest BCUT2D eigenvalue weighted by atomic mass is 9.92. The Labute approximate surface area is 103 Å². The van der Waals surface area contributed by atoms with Crippen molar-refractivity contribution < 1.29 is 9.53 Å². The van der Waals surface area contributed by atoms with Crippen LogP contribution in [-0.2, 0) is 4.79 Å². The van der Waals surface area contributed by atoms with Crippen molar-refractivity contribution in [3.63, 3.8) is 0 Å². The Hall–Kier alpha value is -1.51. The van der Waals surface area contributed by atoms with Gasteiger partial charge < -0.3 is 10.1 Å². The molecule has 0 unspecified atom stereocenters. The van der Waals surface area contributed by atoms with E-state index in [4.69, 9.17) is 4.74 Å². The highest BCUT2D eigenvalue weighted by Gasteiger charge is 2.15. The molecule has 0 saturated heterocycles. The highest BCUT2D eigenvalue weighted by Crippen LogP contribution is 2.17. The predicted octanol–water partition coefficient (Wildman–Crippen LogP) is 2.62. The number of amides is 1. The summed E-state index contributed by atoms with van der Waals surface area (Å²) in [6.07, 6.45) is 0.540. The van der Waals surface area contributed by atoms with Crippen LogP contribution in [0.4, 0.5) is 0 Å². The van der Waals surface area contributed by atoms with Crippen molar-refractivity contribution in [2.24, 2.45) is 5.41 Å². The van der Waals surface area contributed by atoms with Crippen molar-refractivity contribution >= 4 is 5.91 Å². The van der Waals surface area contributed by atoms with E-state index in [0.29, 0.717) is 19.6 Å². The average molecular weight is 235 g/mol. The zero-order valence-corrected chi connectivity index (χ0v) is 10.8. The number of nitrogens with one attached hydrogen (secondary N) is 1. The summed E-state index contributed by atoms with van der Waals surface area (Å²) in [5.41, 5.74) is 0.0321. The summed E-state index contributed by atoms with van der Waals surface area (Å²) in [6, 6.07) is 9.59. The van der Waals surface area contributed by atoms with Gasteiger partial charge in [0.25, 0.3) is 0 Å². The van der Waals surface area contributed by atoms with Gasteiger partial charge in [0.2, 0.25) is 5.91 Å². The Kier molecular flexibility index (Phi) is 5.01. The smallest absolute Gasteiger partial charge is 0.220 e. The minimum Gasteiger partial charge on any atom is -0.492 e. The lowest BCUT2D eigenvalue weighted by Gasteiger charge is -2.17. The SMILES string of the molecule is CC(C)(C)CC(=O)NCCOc1ccccc1. The minimum atomic E-state index is 0.0321. The number of hydrogen-bond acceptors (Lipinski definition) is 2. The summed E-state index contributed by atoms with van der Waals surface area (Å²) in [7, 11) is 0. The minimum absolute atomic E-state index is 0.0321. The van der Waals surface area contributed by atoms with Gasteiger partial charge in [0.1, 0.15) is 12.4 Å². The summed E-state index contributed by atoms with van der Waals surface area (Å²) in [5.74, 6) is 0.909. The van der Waals surface area contributed by atoms with Crippen LogP contribution in [0.2, 0.25) is 0 Å². The van der Waals surface area contributed by atoms with Crippen LogP contribution in [0.1, 0.15) is 27.2 Å². The van der Waals surface area contributed by atoms with Gasteiger partial charge in [0, 0.05) is 6.42 Å². The van der Waals surface area contributed by atoms with Crippen LogP contribution in [0.3, 0.4) is 0 Å². The van der Waals surface area contributed by atoms with Crippen LogP contribution < -0.4 is 10.1 Å². The van der Waals surface area contributed by atoms with E-state index in [2.05, 4.69) is 5.32 Å². The Morgan fingerprint density at radius 3 is 2.47 bits per heavy atom. The molecule has 0 radical (unpaired) electrons. The van der Waals surface area contributed by atoms with E-state index >= 15 is 0 Å². The largest absolute Gasteiger partial charge is 0.492 e. The van der Waals surface area contributed by atoms with Crippen molar-refractivity contribution in [3.05, 3.63) is 30.3 Å². The standard InChI is InChI=1S/C14H21NO2/c1-14(2,3)11-13(16)15-9-10-17-12-7-5-4-6-8-12/h4-8H,9-11H2,1-3H3,(H,15,16). The molecule has 94 valence electrons. The quantitative estimate of drug-likeness (QED) is 0.797. The third kappa shape index (κ3) is 6.61. The third-order valence-electron chi connectivity index (χ3n) is 2.13. The van der Waals surface area contributed by atoms with Gasteiger partial charge in [-0.3, -0.25) is 4.79 Å². The van der Waals surface area contributed by atoms with Gasteiger partial charge in [-0.25, -0.2) is 0 Å². The molecule has 0 heterocycles. The third-order valence-corrected chi connectivity index (χ3v) is 2.13. The Morgan fingerprint density at radius 1 is 1.24 bits per heavy atom. The Balaban J connectivity index is 2.14. The fourth-order valence-electron chi connectivity index (χ4n) is 1.42. The zero-order chi connectivity index (χ0) is 12.7. The Bertz CT molecular complexity index is 341. The van der Waals surface area contributed by atoms with Gasteiger partial charge in [-0.1, -0.05) is 39.0 Å². The second kappa shape index (κ2) is 6.28. The molecule has 0 aliphatic carbocycles. The number of benzene rings is 1. The molecular formula is C14H21NO2. The summed E-state index contributed by atoms with van der Waals surface area (Å²) < 4.78 is 5.47. The van der Waals surface area contributed by atoms with Crippen LogP contribution in [0, 0.1) is 5.41 Å². The van der Waals surface area contributed by atoms with Crippen molar-refractivity contribution in [1.82, 2.24) is 5.32 Å². The van der Waals surface area contributed by atoms with Crippen LogP contribution in [0.5, 0.6) is 5.75 Å². The van der Waals surface area contributed by atoms with Gasteiger partial charge in [-0.15, -0.1) is 0 Å². The number of para-hydroxylation sites is 1. The van der Waals surface area contributed by atoms with Gasteiger partial charge in [-0.05, 0) is 17.5 Å². The van der Waals surface area contributed by atoms with Gasteiger partial charge in [0.05, 0.1) is 6.54 Å². The second-order valence-electron chi connectivity index (χ2n) is 5.25. The van der Waals surface area contributed by atoms with E-state index in [9.17, 15) is 4.79 Å². The predicted molar refractivity (Wildman–Crippen MR) is 69.0 cm³/mol. The van der Waals surface area contributed by atoms with E-state index in [0.717, 1.165) is 5.75 Å². The van der Waals surface area contributed by atoms with E-state index < -0.39 is 0 Å². The van der Waals surface area contributed by atoms with Gasteiger partial charge in [0.15, 0.2) is 0 Å². The highest BCUT2D eigenvalue weighted by atomic mass is 16.5. The maximum absolute atomic E-state index is 11.5. The molecule has 0 bridgehead atoms. The summed E-state index contributed by atoms with van der Waals surface area (Å²) in [4.78, 5) is 11.5. The van der Waals surface area contributed by atoms with Gasteiger partial charge >= 0.3 is 0 Å². The molecule has 0 aliphatic heterocycles. The van der Waals surface area contributed by atoms with E-state index in [1.807, 2.05) is 51.1 Å². The monoisotopic (exact) mass is 235 g/mol. The van der Waals surface area contributed by atoms with E-state index in [1.54, 1.807) is 0 Å². The summed E-state index contributed by atoms with van der Waals surface area (Å²) >= 11 is 0. The van der Waals surface area contributed by atoms with E-state index in [1.165, 1.54) is 0 Å². The maximum atomic E-state index is 11.5. The molecule has 1 amide bonds. The molecule has 3 nitrogen and oxygen atoms in total. The topological polar surface area (TPSA) is 38.3 Å². The zero-order valence-electron chi connectivity index (χ0n) is 10.8. The molecule has 1 N–H and O–H groups in total. The molecule has 0 spiro atoms. The first-order chi connectivity index (χ1) is 7.97. The number of carbonyl (C=O) groups is 1. The molecule has 1 aromatic carbocycles. The summed E-state index contributed by atoms with van der Waals surface area (Å²) in [6.45, 7) is 7.19. The summed E-state index contributed by atoms with van der Waals surface area (Å²) in [5, 5.41) is 2.85. The molecule has 0 saturated carbocycles. The first kappa shape index (κ1) is 13.6. The Morgan fingerprint density at radius 2 is 1.88 bits per heavy atom. The van der Waals surface area contributed by atoms with Crippen molar-refractivity contribution in [2.45, 2.75) is 27.2 Å². The number of ether oxygens (including phenoxy) is 1. The van der Waals surface area contributed by atoms with E-state index in [-0.39, 0.29) is 11.3 Å². The second-order valence-corrected chi connectivity index (χ2v) is 5.25. The van der Waals surface area contributed by atoms with Crippen LogP contribution in [0.25, 0.3) is 0 Å². The number of rotatable bonds is 5. The first-order valence-corrected chi connectivity index (χ1v) is 5.92. The maximum Gasteiger partial charge on any atom is 0.220 e. The average Bonchev–Trinajstić information content (AvgIpc) is 2.23. The molecule has 0 atom stereocenters. The van der Waals surface area contributed by atoms with Gasteiger partial charge in [-0.2, -0.15) is 0 Å². The van der Waals surface area contributed by atoms with Crippen LogP contribution in [0.15, 0.2) is 30.3 Å². The molecule has 1 aromatic rings. The lowest BCUT2D eigenvalue weighted by molar-refractivity contribution is -0.122. The molecule has 0 aliphatic rings. The fraction of sp³-hybridized carbons (Fsp3) is 0.500. The normalized spacial score (nSPS) is 11.0. The van der Waals surface area contributed by atoms with Crippen molar-refractivity contribution in [2.75, 3.05) is 13.2 Å². The molecule has 0 aromatic heterocycles. The van der Waals surface area contributed by atoms with Crippen molar-refractivity contribution in [3.8, 4) is 5.75 Å². The molecular weight excluding hydrogens is 214 g/mol. The number of carbonyl (C=O) groups excluding carboxylic acids is 1. The number of hydrogen-bond donors (Lipinski definition) is 1. The molecule has 3 heteroatoms. The molecule has 1 rings (SSSR count). The van der Waals surface area contributed by atoms with Crippen molar-refractivity contribution in [1.29, 1.82) is 0 Å². The lowest BCUT2D eigenvalue weighted by Crippen LogP contribution is -2.30.